The van der Waals surface area contributed by atoms with Gasteiger partial charge in [0.05, 0.1) is 90.4 Å². The van der Waals surface area contributed by atoms with Crippen molar-refractivity contribution in [2.24, 2.45) is 0 Å². The van der Waals surface area contributed by atoms with Crippen molar-refractivity contribution in [2.45, 2.75) is 77.6 Å². The molecule has 0 spiro atoms. The minimum absolute atomic E-state index is 0. The molecule has 8 bridgehead atoms. The Balaban J connectivity index is 0.00000432. The van der Waals surface area contributed by atoms with Crippen molar-refractivity contribution in [3.8, 4) is 33.8 Å². The first-order valence-corrected chi connectivity index (χ1v) is 24.8. The van der Waals surface area contributed by atoms with E-state index in [4.69, 9.17) is 19.4 Å². The molecule has 0 aliphatic carbocycles. The number of unbranched alkanes of at least 4 members (excludes halogenated alkanes) is 7. The number of halogens is 2. The molecule has 2 N–H and O–H groups in total. The summed E-state index contributed by atoms with van der Waals surface area (Å²) in [5, 5.41) is 0. The lowest BCUT2D eigenvalue weighted by Crippen LogP contribution is -3.00. The molecule has 2 aromatic carbocycles. The van der Waals surface area contributed by atoms with Crippen LogP contribution in [0, 0.1) is 0 Å². The van der Waals surface area contributed by atoms with E-state index in [1.807, 2.05) is 0 Å². The molecule has 0 radical (unpaired) electrons. The third kappa shape index (κ3) is 16.1. The molecule has 9 nitrogen and oxygen atoms in total. The van der Waals surface area contributed by atoms with Crippen LogP contribution >= 0.6 is 0 Å². The van der Waals surface area contributed by atoms with E-state index in [2.05, 4.69) is 173 Å². The minimum atomic E-state index is 0. The van der Waals surface area contributed by atoms with Gasteiger partial charge in [-0.3, -0.25) is 0 Å². The van der Waals surface area contributed by atoms with Gasteiger partial charge in [0.15, 0.2) is 0 Å². The van der Waals surface area contributed by atoms with Crippen molar-refractivity contribution in [3.05, 3.63) is 108 Å². The number of fused-ring (bicyclic) bond motifs is 8. The van der Waals surface area contributed by atoms with Crippen molar-refractivity contribution in [2.75, 3.05) is 88.2 Å². The van der Waals surface area contributed by atoms with Gasteiger partial charge < -0.3 is 58.1 Å². The van der Waals surface area contributed by atoms with Gasteiger partial charge in [-0.05, 0) is 123 Å². The maximum atomic E-state index is 6.29. The fourth-order valence-corrected chi connectivity index (χ4v) is 9.19. The van der Waals surface area contributed by atoms with E-state index in [1.54, 1.807) is 0 Å². The smallest absolute Gasteiger partial charge is 0.119 e. The predicted octanol–water partition coefficient (Wildman–Crippen LogP) is 6.78. The second-order valence-electron chi connectivity index (χ2n) is 20.1. The molecule has 11 heteroatoms. The zero-order valence-corrected chi connectivity index (χ0v) is 43.4. The molecule has 7 rings (SSSR count). The molecule has 5 heterocycles. The zero-order valence-electron chi connectivity index (χ0n) is 41.9. The van der Waals surface area contributed by atoms with Gasteiger partial charge in [-0.15, -0.1) is 0 Å². The standard InChI is InChI=1S/C57H77N7O2.2ClH/c1-8-9-10-11-12-13-14-15-36-63(4,5)38-17-40-65-50-27-19-44(20-28-50)56-52-31-23-46(58-52)42-48-25-33-54(60-48)57(55-34-26-49(61-55)43-47-24-32-53(56)59-47)45-21-29-51(30-22-45)66-41-18-39-64(6,7)37-16-35-62(2)3;;/h19-34,42-43,58,61H,8-18,35-41H2,1-7H3;2*1H/q+2;;/p-2. The Morgan fingerprint density at radius 3 is 1.34 bits per heavy atom. The number of hydrogen-bond donors (Lipinski definition) is 2. The summed E-state index contributed by atoms with van der Waals surface area (Å²) in [5.41, 5.74) is 11.7. The normalized spacial score (nSPS) is 12.3. The number of aromatic nitrogens is 4. The molecule has 2 aliphatic heterocycles. The highest BCUT2D eigenvalue weighted by atomic mass is 35.5. The first-order valence-electron chi connectivity index (χ1n) is 24.8. The molecule has 366 valence electrons. The monoisotopic (exact) mass is 962 g/mol. The number of benzene rings is 2. The van der Waals surface area contributed by atoms with Crippen LogP contribution in [0.5, 0.6) is 11.5 Å². The SMILES string of the molecule is CCCCCCCCCC[N+](C)(C)CCCOc1ccc(-c2c3nc(cc4ccc([nH]4)c(-c4ccc(OCCC[N+](C)(C)CCCN(C)C)cc4)c4nc(cc5ccc2[nH]5)C=C4)C=C3)cc1.[Cl-].[Cl-]. The van der Waals surface area contributed by atoms with Crippen LogP contribution in [0.1, 0.15) is 100 Å². The Morgan fingerprint density at radius 2 is 0.897 bits per heavy atom. The van der Waals surface area contributed by atoms with Crippen LogP contribution in [-0.2, 0) is 0 Å². The Morgan fingerprint density at radius 1 is 0.485 bits per heavy atom. The zero-order chi connectivity index (χ0) is 46.4. The van der Waals surface area contributed by atoms with E-state index in [1.165, 1.54) is 70.9 Å². The second kappa shape index (κ2) is 26.2. The second-order valence-corrected chi connectivity index (χ2v) is 20.1. The van der Waals surface area contributed by atoms with Crippen LogP contribution in [-0.4, -0.2) is 122 Å². The molecule has 5 aromatic rings. The number of aromatic amines is 2. The van der Waals surface area contributed by atoms with Crippen LogP contribution in [0.4, 0.5) is 0 Å². The molecule has 0 unspecified atom stereocenters. The van der Waals surface area contributed by atoms with Crippen molar-refractivity contribution in [1.82, 2.24) is 24.8 Å². The Hall–Kier alpha value is -4.90. The molecular formula is C57H77Cl2N7O2. The fraction of sp³-hybridized carbons (Fsp3) is 0.439. The largest absolute Gasteiger partial charge is 1.00 e. The van der Waals surface area contributed by atoms with Crippen LogP contribution in [0.2, 0.25) is 0 Å². The van der Waals surface area contributed by atoms with Crippen molar-refractivity contribution < 1.29 is 43.3 Å². The Bertz CT molecular complexity index is 2560. The number of nitrogens with one attached hydrogen (secondary N) is 2. The Kier molecular flexibility index (Phi) is 20.8. The molecule has 68 heavy (non-hydrogen) atoms. The van der Waals surface area contributed by atoms with Crippen LogP contribution < -0.4 is 34.3 Å². The fourth-order valence-electron chi connectivity index (χ4n) is 9.19. The summed E-state index contributed by atoms with van der Waals surface area (Å²) >= 11 is 0. The van der Waals surface area contributed by atoms with E-state index in [-0.39, 0.29) is 24.8 Å². The first-order chi connectivity index (χ1) is 31.9. The summed E-state index contributed by atoms with van der Waals surface area (Å²) in [4.78, 5) is 20.0. The summed E-state index contributed by atoms with van der Waals surface area (Å²) in [5.74, 6) is 1.77. The van der Waals surface area contributed by atoms with Crippen LogP contribution in [0.3, 0.4) is 0 Å². The van der Waals surface area contributed by atoms with Crippen molar-refractivity contribution in [1.29, 1.82) is 0 Å². The summed E-state index contributed by atoms with van der Waals surface area (Å²) in [6.45, 7) is 9.42. The van der Waals surface area contributed by atoms with Gasteiger partial charge in [-0.1, -0.05) is 69.7 Å². The van der Waals surface area contributed by atoms with Crippen LogP contribution in [0.25, 0.3) is 68.6 Å². The summed E-state index contributed by atoms with van der Waals surface area (Å²) in [6.07, 6.45) is 22.6. The average molecular weight is 963 g/mol. The van der Waals surface area contributed by atoms with Gasteiger partial charge in [-0.25, -0.2) is 9.97 Å². The van der Waals surface area contributed by atoms with Gasteiger partial charge >= 0.3 is 0 Å². The molecule has 2 aliphatic rings. The van der Waals surface area contributed by atoms with Gasteiger partial charge in [-0.2, -0.15) is 0 Å². The third-order valence-electron chi connectivity index (χ3n) is 13.0. The van der Waals surface area contributed by atoms with Gasteiger partial charge in [0.1, 0.15) is 11.5 Å². The number of H-pyrrole nitrogens is 2. The maximum Gasteiger partial charge on any atom is 0.119 e. The first kappa shape index (κ1) is 54.0. The van der Waals surface area contributed by atoms with Crippen LogP contribution in [0.15, 0.2) is 84.9 Å². The van der Waals surface area contributed by atoms with E-state index in [9.17, 15) is 0 Å². The number of rotatable bonds is 25. The number of ether oxygens (including phenoxy) is 2. The summed E-state index contributed by atoms with van der Waals surface area (Å²) < 4.78 is 14.6. The number of quaternary nitrogens is 2. The summed E-state index contributed by atoms with van der Waals surface area (Å²) in [7, 11) is 13.6. The molecule has 0 saturated carbocycles. The molecule has 0 amide bonds. The highest BCUT2D eigenvalue weighted by molar-refractivity contribution is 5.93. The van der Waals surface area contributed by atoms with Gasteiger partial charge in [0.2, 0.25) is 0 Å². The van der Waals surface area contributed by atoms with Gasteiger partial charge in [0, 0.05) is 59.0 Å². The van der Waals surface area contributed by atoms with E-state index >= 15 is 0 Å². The molecule has 3 aromatic heterocycles. The lowest BCUT2D eigenvalue weighted by Gasteiger charge is -2.30. The number of nitrogens with zero attached hydrogens (tertiary/aromatic N) is 5. The average Bonchev–Trinajstić information content (AvgIpc) is 4.14. The third-order valence-corrected chi connectivity index (χ3v) is 13.0. The minimum Gasteiger partial charge on any atom is -1.00 e. The predicted molar refractivity (Wildman–Crippen MR) is 279 cm³/mol. The molecule has 0 fully saturated rings. The lowest BCUT2D eigenvalue weighted by atomic mass is 10.0. The highest BCUT2D eigenvalue weighted by Crippen LogP contribution is 2.34. The number of hydrogen-bond acceptors (Lipinski definition) is 5. The lowest BCUT2D eigenvalue weighted by molar-refractivity contribution is -0.890. The molecule has 0 atom stereocenters. The van der Waals surface area contributed by atoms with Gasteiger partial charge in [0.25, 0.3) is 0 Å². The maximum absolute atomic E-state index is 6.29. The van der Waals surface area contributed by atoms with E-state index in [0.717, 1.165) is 120 Å². The highest BCUT2D eigenvalue weighted by Gasteiger charge is 2.17. The topological polar surface area (TPSA) is 79.1 Å². The Labute approximate surface area is 419 Å². The molecular weight excluding hydrogens is 886 g/mol. The summed E-state index contributed by atoms with van der Waals surface area (Å²) in [6, 6.07) is 29.7. The molecule has 0 saturated heterocycles. The van der Waals surface area contributed by atoms with Crippen molar-refractivity contribution in [3.63, 3.8) is 0 Å². The van der Waals surface area contributed by atoms with E-state index in [0.29, 0.717) is 13.2 Å². The quantitative estimate of drug-likeness (QED) is 0.0489. The van der Waals surface area contributed by atoms with Crippen molar-refractivity contribution >= 4 is 46.4 Å². The van der Waals surface area contributed by atoms with E-state index < -0.39 is 0 Å².